The molecule has 0 heterocycles. The molecule has 0 saturated heterocycles. The molecule has 1 nitrogen and oxygen atoms in total. The van der Waals surface area contributed by atoms with E-state index in [2.05, 4.69) is 11.3 Å². The number of hydrogen-bond donors (Lipinski definition) is 0. The van der Waals surface area contributed by atoms with E-state index in [1.54, 1.807) is 0 Å². The van der Waals surface area contributed by atoms with Gasteiger partial charge < -0.3 is 4.74 Å². The van der Waals surface area contributed by atoms with Gasteiger partial charge in [0.1, 0.15) is 0 Å². The maximum Gasteiger partial charge on any atom is 0.463 e. The highest BCUT2D eigenvalue weighted by Gasteiger charge is 2.54. The third kappa shape index (κ3) is 1.89. The number of hydrogen-bond acceptors (Lipinski definition) is 1. The molecule has 0 aromatic rings. The highest BCUT2D eigenvalue weighted by Crippen LogP contribution is 2.34. The zero-order chi connectivity index (χ0) is 8.41. The van der Waals surface area contributed by atoms with Gasteiger partial charge in [-0.3, -0.25) is 0 Å². The van der Waals surface area contributed by atoms with Crippen molar-refractivity contribution in [1.29, 1.82) is 0 Å². The first-order valence-corrected chi connectivity index (χ1v) is 2.35. The smallest absolute Gasteiger partial charge is 0.437 e. The summed E-state index contributed by atoms with van der Waals surface area (Å²) in [5.74, 6) is -4.18. The van der Waals surface area contributed by atoms with Gasteiger partial charge in [-0.1, -0.05) is 6.58 Å². The number of alkyl halides is 4. The van der Waals surface area contributed by atoms with Crippen molar-refractivity contribution >= 4 is 0 Å². The Labute approximate surface area is 55.3 Å². The predicted octanol–water partition coefficient (Wildman–Crippen LogP) is 2.39. The largest absolute Gasteiger partial charge is 0.463 e. The first kappa shape index (κ1) is 9.26. The summed E-state index contributed by atoms with van der Waals surface area (Å²) in [6, 6.07) is 0. The molecule has 5 heteroatoms. The van der Waals surface area contributed by atoms with Crippen molar-refractivity contribution in [2.24, 2.45) is 0 Å². The van der Waals surface area contributed by atoms with E-state index in [4.69, 9.17) is 0 Å². The Morgan fingerprint density at radius 3 is 1.80 bits per heavy atom. The van der Waals surface area contributed by atoms with Gasteiger partial charge in [0.15, 0.2) is 0 Å². The van der Waals surface area contributed by atoms with Crippen LogP contribution in [0.1, 0.15) is 6.92 Å². The zero-order valence-corrected chi connectivity index (χ0v) is 5.20. The molecule has 0 aliphatic heterocycles. The minimum absolute atomic E-state index is 0.0660. The van der Waals surface area contributed by atoms with Crippen molar-refractivity contribution < 1.29 is 22.3 Å². The van der Waals surface area contributed by atoms with Gasteiger partial charge in [-0.05, 0) is 0 Å². The van der Waals surface area contributed by atoms with E-state index in [1.807, 2.05) is 0 Å². The zero-order valence-electron chi connectivity index (χ0n) is 5.20. The Morgan fingerprint density at radius 2 is 1.70 bits per heavy atom. The first-order valence-electron chi connectivity index (χ1n) is 2.35. The quantitative estimate of drug-likeness (QED) is 0.452. The molecule has 0 radical (unpaired) electrons. The van der Waals surface area contributed by atoms with Crippen LogP contribution in [0.15, 0.2) is 12.8 Å². The van der Waals surface area contributed by atoms with Crippen LogP contribution in [0.4, 0.5) is 17.6 Å². The molecule has 0 N–H and O–H groups in total. The number of rotatable bonds is 3. The maximum atomic E-state index is 11.9. The van der Waals surface area contributed by atoms with Crippen molar-refractivity contribution in [2.45, 2.75) is 19.0 Å². The highest BCUT2D eigenvalue weighted by molar-refractivity contribution is 4.73. The molecular weight excluding hydrogens is 152 g/mol. The Kier molecular flexibility index (Phi) is 2.29. The fourth-order valence-electron chi connectivity index (χ4n) is 0.208. The van der Waals surface area contributed by atoms with Crippen LogP contribution >= 0.6 is 0 Å². The van der Waals surface area contributed by atoms with E-state index in [1.165, 1.54) is 0 Å². The standard InChI is InChI=1S/C5H6F4O/c1-3-10-5(8,9)4(2,6)7/h3H,1H2,2H3. The van der Waals surface area contributed by atoms with Crippen LogP contribution in [0, 0.1) is 0 Å². The van der Waals surface area contributed by atoms with Crippen LogP contribution in [0.25, 0.3) is 0 Å². The molecule has 0 saturated carbocycles. The third-order valence-electron chi connectivity index (χ3n) is 0.742. The lowest BCUT2D eigenvalue weighted by atomic mass is 10.4. The Morgan fingerprint density at radius 1 is 1.30 bits per heavy atom. The lowest BCUT2D eigenvalue weighted by molar-refractivity contribution is -0.319. The Balaban J connectivity index is 4.23. The molecule has 0 aliphatic rings. The summed E-state index contributed by atoms with van der Waals surface area (Å²) in [4.78, 5) is 0. The summed E-state index contributed by atoms with van der Waals surface area (Å²) in [6.45, 7) is 2.79. The Hall–Kier alpha value is -0.740. The SMILES string of the molecule is C=COC(F)(F)C(C)(F)F. The van der Waals surface area contributed by atoms with Crippen LogP contribution < -0.4 is 0 Å². The van der Waals surface area contributed by atoms with Gasteiger partial charge in [0.05, 0.1) is 6.26 Å². The molecule has 0 bridgehead atoms. The molecular formula is C5H6F4O. The molecule has 0 rings (SSSR count). The van der Waals surface area contributed by atoms with Gasteiger partial charge in [-0.15, -0.1) is 0 Å². The van der Waals surface area contributed by atoms with Crippen molar-refractivity contribution in [3.8, 4) is 0 Å². The van der Waals surface area contributed by atoms with Gasteiger partial charge in [-0.2, -0.15) is 17.6 Å². The monoisotopic (exact) mass is 158 g/mol. The molecule has 0 aliphatic carbocycles. The van der Waals surface area contributed by atoms with Crippen LogP contribution in [0.2, 0.25) is 0 Å². The van der Waals surface area contributed by atoms with Crippen LogP contribution in [-0.2, 0) is 4.74 Å². The van der Waals surface area contributed by atoms with Crippen molar-refractivity contribution in [1.82, 2.24) is 0 Å². The van der Waals surface area contributed by atoms with E-state index in [9.17, 15) is 17.6 Å². The summed E-state index contributed by atoms with van der Waals surface area (Å²) in [6.07, 6.45) is -4.19. The molecule has 0 spiro atoms. The van der Waals surface area contributed by atoms with Crippen molar-refractivity contribution in [3.63, 3.8) is 0 Å². The minimum Gasteiger partial charge on any atom is -0.437 e. The van der Waals surface area contributed by atoms with Gasteiger partial charge in [0.25, 0.3) is 0 Å². The van der Waals surface area contributed by atoms with Crippen molar-refractivity contribution in [2.75, 3.05) is 0 Å². The fourth-order valence-corrected chi connectivity index (χ4v) is 0.208. The number of halogens is 4. The molecule has 0 amide bonds. The highest BCUT2D eigenvalue weighted by atomic mass is 19.3. The van der Waals surface area contributed by atoms with Crippen LogP contribution in [-0.4, -0.2) is 12.0 Å². The summed E-state index contributed by atoms with van der Waals surface area (Å²) in [5, 5.41) is 0. The topological polar surface area (TPSA) is 9.23 Å². The molecule has 0 unspecified atom stereocenters. The van der Waals surface area contributed by atoms with E-state index in [-0.39, 0.29) is 13.2 Å². The van der Waals surface area contributed by atoms with Gasteiger partial charge in [0.2, 0.25) is 0 Å². The normalized spacial score (nSPS) is 12.9. The van der Waals surface area contributed by atoms with E-state index in [0.29, 0.717) is 0 Å². The summed E-state index contributed by atoms with van der Waals surface area (Å²) < 4.78 is 50.6. The Bertz CT molecular complexity index is 126. The molecule has 10 heavy (non-hydrogen) atoms. The second-order valence-electron chi connectivity index (χ2n) is 1.69. The van der Waals surface area contributed by atoms with E-state index < -0.39 is 12.0 Å². The van der Waals surface area contributed by atoms with Gasteiger partial charge in [-0.25, -0.2) is 0 Å². The maximum absolute atomic E-state index is 11.9. The fraction of sp³-hybridized carbons (Fsp3) is 0.600. The van der Waals surface area contributed by atoms with Crippen LogP contribution in [0.5, 0.6) is 0 Å². The van der Waals surface area contributed by atoms with E-state index >= 15 is 0 Å². The second kappa shape index (κ2) is 2.48. The summed E-state index contributed by atoms with van der Waals surface area (Å²) >= 11 is 0. The first-order chi connectivity index (χ1) is 4.31. The van der Waals surface area contributed by atoms with Crippen molar-refractivity contribution in [3.05, 3.63) is 12.8 Å². The second-order valence-corrected chi connectivity index (χ2v) is 1.69. The molecule has 0 atom stereocenters. The summed E-state index contributed by atoms with van der Waals surface area (Å²) in [7, 11) is 0. The van der Waals surface area contributed by atoms with E-state index in [0.717, 1.165) is 0 Å². The predicted molar refractivity (Wildman–Crippen MR) is 26.8 cm³/mol. The molecule has 0 aromatic carbocycles. The molecule has 60 valence electrons. The average molecular weight is 158 g/mol. The number of ether oxygens (including phenoxy) is 1. The van der Waals surface area contributed by atoms with Gasteiger partial charge >= 0.3 is 12.0 Å². The lowest BCUT2D eigenvalue weighted by Gasteiger charge is -2.20. The lowest BCUT2D eigenvalue weighted by Crippen LogP contribution is -2.38. The summed E-state index contributed by atoms with van der Waals surface area (Å²) in [5.41, 5.74) is 0. The van der Waals surface area contributed by atoms with Gasteiger partial charge in [0, 0.05) is 6.92 Å². The van der Waals surface area contributed by atoms with Crippen LogP contribution in [0.3, 0.4) is 0 Å². The third-order valence-corrected chi connectivity index (χ3v) is 0.742. The minimum atomic E-state index is -4.46. The average Bonchev–Trinajstić information content (AvgIpc) is 1.61. The molecule has 0 aromatic heterocycles. The molecule has 0 fully saturated rings.